The Morgan fingerprint density at radius 3 is 2.44 bits per heavy atom. The molecule has 0 radical (unpaired) electrons. The Morgan fingerprint density at radius 1 is 1.09 bits per heavy atom. The number of benzene rings is 3. The average Bonchev–Trinajstić information content (AvgIpc) is 3.12. The molecule has 1 fully saturated rings. The highest BCUT2D eigenvalue weighted by Crippen LogP contribution is 2.34. The summed E-state index contributed by atoms with van der Waals surface area (Å²) in [6.07, 6.45) is 1.53. The van der Waals surface area contributed by atoms with Gasteiger partial charge in [-0.3, -0.25) is 14.5 Å². The van der Waals surface area contributed by atoms with E-state index in [0.29, 0.717) is 21.6 Å². The summed E-state index contributed by atoms with van der Waals surface area (Å²) in [5, 5.41) is 21.1. The van der Waals surface area contributed by atoms with Gasteiger partial charge in [-0.05, 0) is 61.0 Å². The number of aromatic hydroxyl groups is 1. The summed E-state index contributed by atoms with van der Waals surface area (Å²) in [5.41, 5.74) is 3.08. The van der Waals surface area contributed by atoms with Gasteiger partial charge in [-0.1, -0.05) is 53.2 Å². The molecule has 1 saturated heterocycles. The van der Waals surface area contributed by atoms with Crippen LogP contribution < -0.4 is 10.2 Å². The third kappa shape index (κ3) is 5.84. The van der Waals surface area contributed by atoms with Crippen LogP contribution >= 0.6 is 23.4 Å². The Bertz CT molecular complexity index is 1240. The maximum atomic E-state index is 13.2. The second-order valence-electron chi connectivity index (χ2n) is 7.59. The van der Waals surface area contributed by atoms with Crippen molar-refractivity contribution in [2.75, 3.05) is 10.2 Å². The number of rotatable bonds is 6. The van der Waals surface area contributed by atoms with Crippen LogP contribution in [0.25, 0.3) is 0 Å². The van der Waals surface area contributed by atoms with Gasteiger partial charge in [-0.2, -0.15) is 5.10 Å². The number of hydrogen-bond donors (Lipinski definition) is 2. The molecular formula is C25H21ClN4O3S. The van der Waals surface area contributed by atoms with Gasteiger partial charge in [-0.25, -0.2) is 0 Å². The highest BCUT2D eigenvalue weighted by molar-refractivity contribution is 8.16. The van der Waals surface area contributed by atoms with Crippen molar-refractivity contribution in [1.29, 1.82) is 0 Å². The second kappa shape index (κ2) is 10.5. The van der Waals surface area contributed by atoms with E-state index in [1.54, 1.807) is 42.6 Å². The third-order valence-electron chi connectivity index (χ3n) is 4.97. The Morgan fingerprint density at radius 2 is 1.76 bits per heavy atom. The monoisotopic (exact) mass is 492 g/mol. The van der Waals surface area contributed by atoms with Gasteiger partial charge in [0, 0.05) is 17.1 Å². The SMILES string of the molecule is Cc1ccc(NC(=O)CC2SC(=NN=Cc3ccc(Cl)cc3)N(c3ccc(O)cc3)C2=O)cc1. The lowest BCUT2D eigenvalue weighted by Gasteiger charge is -2.16. The first-order valence-electron chi connectivity index (χ1n) is 10.4. The zero-order chi connectivity index (χ0) is 24.1. The number of nitrogens with one attached hydrogen (secondary N) is 1. The fourth-order valence-corrected chi connectivity index (χ4v) is 4.43. The lowest BCUT2D eigenvalue weighted by atomic mass is 10.2. The molecule has 0 aliphatic carbocycles. The molecule has 9 heteroatoms. The fraction of sp³-hybridized carbons (Fsp3) is 0.120. The number of amidine groups is 1. The van der Waals surface area contributed by atoms with Crippen LogP contribution in [0.5, 0.6) is 5.75 Å². The van der Waals surface area contributed by atoms with Crippen LogP contribution in [-0.2, 0) is 9.59 Å². The molecule has 2 N–H and O–H groups in total. The smallest absolute Gasteiger partial charge is 0.247 e. The van der Waals surface area contributed by atoms with E-state index in [9.17, 15) is 14.7 Å². The van der Waals surface area contributed by atoms with Gasteiger partial charge in [-0.15, -0.1) is 5.10 Å². The molecule has 3 aromatic carbocycles. The van der Waals surface area contributed by atoms with Crippen molar-refractivity contribution in [1.82, 2.24) is 0 Å². The Kier molecular flexibility index (Phi) is 7.30. The van der Waals surface area contributed by atoms with Crippen LogP contribution in [0, 0.1) is 6.92 Å². The zero-order valence-electron chi connectivity index (χ0n) is 18.2. The molecule has 1 unspecified atom stereocenters. The Balaban J connectivity index is 1.53. The molecule has 172 valence electrons. The third-order valence-corrected chi connectivity index (χ3v) is 6.35. The van der Waals surface area contributed by atoms with E-state index in [1.807, 2.05) is 31.2 Å². The van der Waals surface area contributed by atoms with Crippen molar-refractivity contribution in [3.8, 4) is 5.75 Å². The summed E-state index contributed by atoms with van der Waals surface area (Å²) in [4.78, 5) is 27.2. The summed E-state index contributed by atoms with van der Waals surface area (Å²) in [6.45, 7) is 1.97. The molecule has 2 amide bonds. The molecule has 1 heterocycles. The van der Waals surface area contributed by atoms with Crippen LogP contribution in [0.2, 0.25) is 5.02 Å². The van der Waals surface area contributed by atoms with Crippen molar-refractivity contribution in [2.45, 2.75) is 18.6 Å². The van der Waals surface area contributed by atoms with Crippen LogP contribution in [0.4, 0.5) is 11.4 Å². The van der Waals surface area contributed by atoms with Crippen LogP contribution in [-0.4, -0.2) is 33.6 Å². The van der Waals surface area contributed by atoms with Crippen molar-refractivity contribution in [2.24, 2.45) is 10.2 Å². The number of carbonyl (C=O) groups excluding carboxylic acids is 2. The fourth-order valence-electron chi connectivity index (χ4n) is 3.22. The van der Waals surface area contributed by atoms with E-state index < -0.39 is 5.25 Å². The standard InChI is InChI=1S/C25H21ClN4O3S/c1-16-2-8-19(9-3-16)28-23(32)14-22-24(33)30(20-10-12-21(31)13-11-20)25(34-22)29-27-15-17-4-6-18(26)7-5-17/h2-13,15,22,31H,14H2,1H3,(H,28,32). The Labute approximate surface area is 206 Å². The lowest BCUT2D eigenvalue weighted by molar-refractivity contribution is -0.121. The lowest BCUT2D eigenvalue weighted by Crippen LogP contribution is -2.33. The molecule has 0 saturated carbocycles. The molecule has 34 heavy (non-hydrogen) atoms. The molecule has 1 aliphatic rings. The zero-order valence-corrected chi connectivity index (χ0v) is 19.8. The summed E-state index contributed by atoms with van der Waals surface area (Å²) in [7, 11) is 0. The molecule has 1 aliphatic heterocycles. The minimum atomic E-state index is -0.663. The van der Waals surface area contributed by atoms with Gasteiger partial charge in [0.15, 0.2) is 5.17 Å². The number of anilines is 2. The van der Waals surface area contributed by atoms with Gasteiger partial charge >= 0.3 is 0 Å². The van der Waals surface area contributed by atoms with Crippen LogP contribution in [0.15, 0.2) is 83.0 Å². The number of thioether (sulfide) groups is 1. The maximum Gasteiger partial charge on any atom is 0.247 e. The number of amides is 2. The van der Waals surface area contributed by atoms with Crippen LogP contribution in [0.1, 0.15) is 17.5 Å². The second-order valence-corrected chi connectivity index (χ2v) is 9.20. The van der Waals surface area contributed by atoms with Gasteiger partial charge < -0.3 is 10.4 Å². The summed E-state index contributed by atoms with van der Waals surface area (Å²) in [6, 6.07) is 20.7. The molecular weight excluding hydrogens is 472 g/mol. The van der Waals surface area contributed by atoms with E-state index in [0.717, 1.165) is 11.1 Å². The van der Waals surface area contributed by atoms with Crippen molar-refractivity contribution in [3.63, 3.8) is 0 Å². The highest BCUT2D eigenvalue weighted by Gasteiger charge is 2.40. The quantitative estimate of drug-likeness (QED) is 0.364. The molecule has 0 aromatic heterocycles. The molecule has 0 bridgehead atoms. The van der Waals surface area contributed by atoms with E-state index in [4.69, 9.17) is 11.6 Å². The van der Waals surface area contributed by atoms with Gasteiger partial charge in [0.05, 0.1) is 11.9 Å². The minimum absolute atomic E-state index is 0.0219. The number of aryl methyl sites for hydroxylation is 1. The van der Waals surface area contributed by atoms with E-state index in [2.05, 4.69) is 15.5 Å². The molecule has 4 rings (SSSR count). The Hall–Kier alpha value is -3.62. The number of halogens is 1. The minimum Gasteiger partial charge on any atom is -0.508 e. The van der Waals surface area contributed by atoms with Crippen molar-refractivity contribution in [3.05, 3.63) is 88.9 Å². The van der Waals surface area contributed by atoms with Gasteiger partial charge in [0.1, 0.15) is 11.0 Å². The highest BCUT2D eigenvalue weighted by atomic mass is 35.5. The van der Waals surface area contributed by atoms with E-state index >= 15 is 0 Å². The van der Waals surface area contributed by atoms with Gasteiger partial charge in [0.25, 0.3) is 0 Å². The molecule has 0 spiro atoms. The molecule has 1 atom stereocenters. The summed E-state index contributed by atoms with van der Waals surface area (Å²) < 4.78 is 0. The van der Waals surface area contributed by atoms with E-state index in [1.165, 1.54) is 28.8 Å². The average molecular weight is 493 g/mol. The number of carbonyl (C=O) groups is 2. The number of hydrogen-bond acceptors (Lipinski definition) is 6. The predicted octanol–water partition coefficient (Wildman–Crippen LogP) is 5.22. The predicted molar refractivity (Wildman–Crippen MR) is 138 cm³/mol. The number of phenolic OH excluding ortho intramolecular Hbond substituents is 1. The van der Waals surface area contributed by atoms with E-state index in [-0.39, 0.29) is 24.0 Å². The van der Waals surface area contributed by atoms with Gasteiger partial charge in [0.2, 0.25) is 11.8 Å². The van der Waals surface area contributed by atoms with Crippen molar-refractivity contribution >= 4 is 57.9 Å². The van der Waals surface area contributed by atoms with Crippen LogP contribution in [0.3, 0.4) is 0 Å². The first-order chi connectivity index (χ1) is 16.4. The maximum absolute atomic E-state index is 13.2. The van der Waals surface area contributed by atoms with Crippen molar-refractivity contribution < 1.29 is 14.7 Å². The normalized spacial score (nSPS) is 17.0. The largest absolute Gasteiger partial charge is 0.508 e. The summed E-state index contributed by atoms with van der Waals surface area (Å²) in [5.74, 6) is -0.474. The summed E-state index contributed by atoms with van der Waals surface area (Å²) >= 11 is 7.08. The number of phenols is 1. The molecule has 7 nitrogen and oxygen atoms in total. The number of nitrogens with zero attached hydrogens (tertiary/aromatic N) is 3. The molecule has 3 aromatic rings. The topological polar surface area (TPSA) is 94.4 Å². The first-order valence-corrected chi connectivity index (χ1v) is 11.7. The first kappa shape index (κ1) is 23.5.